The highest BCUT2D eigenvalue weighted by Gasteiger charge is 1.99. The normalized spacial score (nSPS) is 9.32. The summed E-state index contributed by atoms with van der Waals surface area (Å²) in [4.78, 5) is 0. The molecule has 0 fully saturated rings. The van der Waals surface area contributed by atoms with E-state index in [9.17, 15) is 0 Å². The molecular formula is C14H16ClN3O. The minimum absolute atomic E-state index is 0. The van der Waals surface area contributed by atoms with Crippen molar-refractivity contribution in [3.8, 4) is 5.75 Å². The van der Waals surface area contributed by atoms with Gasteiger partial charge in [-0.05, 0) is 36.4 Å². The van der Waals surface area contributed by atoms with E-state index in [0.717, 1.165) is 17.1 Å². The molecule has 0 heterocycles. The van der Waals surface area contributed by atoms with Gasteiger partial charge < -0.3 is 15.8 Å². The fourth-order valence-electron chi connectivity index (χ4n) is 1.60. The van der Waals surface area contributed by atoms with Gasteiger partial charge >= 0.3 is 0 Å². The van der Waals surface area contributed by atoms with E-state index < -0.39 is 0 Å². The van der Waals surface area contributed by atoms with E-state index in [1.54, 1.807) is 7.11 Å². The Morgan fingerprint density at radius 1 is 1.11 bits per heavy atom. The van der Waals surface area contributed by atoms with Gasteiger partial charge in [-0.25, -0.2) is 0 Å². The van der Waals surface area contributed by atoms with Crippen LogP contribution in [0.25, 0.3) is 0 Å². The number of halogens is 1. The van der Waals surface area contributed by atoms with Crippen molar-refractivity contribution in [1.82, 2.24) is 0 Å². The first-order valence-corrected chi connectivity index (χ1v) is 5.54. The van der Waals surface area contributed by atoms with Crippen molar-refractivity contribution in [2.75, 3.05) is 12.4 Å². The fraction of sp³-hybridized carbons (Fsp3) is 0.0714. The number of nitrogens with one attached hydrogen (secondary N) is 2. The number of amidine groups is 1. The van der Waals surface area contributed by atoms with E-state index in [1.165, 1.54) is 0 Å². The molecule has 2 aromatic rings. The smallest absolute Gasteiger partial charge is 0.122 e. The van der Waals surface area contributed by atoms with Crippen LogP contribution in [0.1, 0.15) is 5.56 Å². The molecule has 19 heavy (non-hydrogen) atoms. The highest BCUT2D eigenvalue weighted by Crippen LogP contribution is 2.21. The van der Waals surface area contributed by atoms with Gasteiger partial charge in [-0.1, -0.05) is 6.07 Å². The highest BCUT2D eigenvalue weighted by molar-refractivity contribution is 5.95. The molecule has 0 aliphatic rings. The number of anilines is 2. The summed E-state index contributed by atoms with van der Waals surface area (Å²) in [6, 6.07) is 15.1. The Labute approximate surface area is 118 Å². The Hall–Kier alpha value is -2.20. The third-order valence-corrected chi connectivity index (χ3v) is 2.55. The molecule has 5 heteroatoms. The third-order valence-electron chi connectivity index (χ3n) is 2.55. The van der Waals surface area contributed by atoms with E-state index >= 15 is 0 Å². The topological polar surface area (TPSA) is 71.1 Å². The first-order valence-electron chi connectivity index (χ1n) is 5.54. The second-order valence-corrected chi connectivity index (χ2v) is 3.85. The predicted molar refractivity (Wildman–Crippen MR) is 81.0 cm³/mol. The number of rotatable bonds is 4. The van der Waals surface area contributed by atoms with Gasteiger partial charge in [-0.3, -0.25) is 5.41 Å². The minimum Gasteiger partial charge on any atom is -0.497 e. The molecule has 0 radical (unpaired) electrons. The average Bonchev–Trinajstić information content (AvgIpc) is 2.39. The highest BCUT2D eigenvalue weighted by atomic mass is 35.5. The molecule has 0 aliphatic heterocycles. The van der Waals surface area contributed by atoms with Gasteiger partial charge in [0.15, 0.2) is 0 Å². The molecule has 0 unspecified atom stereocenters. The van der Waals surface area contributed by atoms with Crippen LogP contribution in [-0.4, -0.2) is 12.9 Å². The van der Waals surface area contributed by atoms with Crippen LogP contribution in [0.5, 0.6) is 5.75 Å². The van der Waals surface area contributed by atoms with Gasteiger partial charge in [0.2, 0.25) is 0 Å². The Kier molecular flexibility index (Phi) is 5.21. The van der Waals surface area contributed by atoms with Gasteiger partial charge in [-0.15, -0.1) is 12.4 Å². The number of nitrogens with two attached hydrogens (primary N) is 1. The van der Waals surface area contributed by atoms with Crippen molar-refractivity contribution in [2.24, 2.45) is 5.73 Å². The van der Waals surface area contributed by atoms with Crippen LogP contribution in [0.3, 0.4) is 0 Å². The van der Waals surface area contributed by atoms with Gasteiger partial charge in [-0.2, -0.15) is 0 Å². The molecular weight excluding hydrogens is 262 g/mol. The molecule has 0 aliphatic carbocycles. The van der Waals surface area contributed by atoms with E-state index in [4.69, 9.17) is 15.9 Å². The first kappa shape index (κ1) is 14.9. The molecule has 0 aromatic heterocycles. The van der Waals surface area contributed by atoms with Crippen molar-refractivity contribution < 1.29 is 4.74 Å². The molecule has 4 nitrogen and oxygen atoms in total. The number of hydrogen-bond donors (Lipinski definition) is 3. The Morgan fingerprint density at radius 2 is 1.79 bits per heavy atom. The summed E-state index contributed by atoms with van der Waals surface area (Å²) < 4.78 is 5.16. The lowest BCUT2D eigenvalue weighted by atomic mass is 10.2. The summed E-state index contributed by atoms with van der Waals surface area (Å²) in [5, 5.41) is 10.6. The lowest BCUT2D eigenvalue weighted by molar-refractivity contribution is 0.415. The zero-order valence-electron chi connectivity index (χ0n) is 10.5. The van der Waals surface area contributed by atoms with Gasteiger partial charge in [0.1, 0.15) is 11.6 Å². The SMILES string of the molecule is COc1cccc(Nc2ccc(C(=N)N)cc2)c1.Cl. The summed E-state index contributed by atoms with van der Waals surface area (Å²) >= 11 is 0. The van der Waals surface area contributed by atoms with E-state index in [2.05, 4.69) is 5.32 Å². The van der Waals surface area contributed by atoms with Crippen LogP contribution in [0.2, 0.25) is 0 Å². The van der Waals surface area contributed by atoms with E-state index in [-0.39, 0.29) is 18.2 Å². The minimum atomic E-state index is 0. The maximum Gasteiger partial charge on any atom is 0.122 e. The summed E-state index contributed by atoms with van der Waals surface area (Å²) in [5.41, 5.74) is 8.00. The number of ether oxygens (including phenoxy) is 1. The Morgan fingerprint density at radius 3 is 2.37 bits per heavy atom. The van der Waals surface area contributed by atoms with Crippen molar-refractivity contribution in [1.29, 1.82) is 5.41 Å². The maximum atomic E-state index is 7.32. The van der Waals surface area contributed by atoms with Crippen molar-refractivity contribution in [2.45, 2.75) is 0 Å². The summed E-state index contributed by atoms with van der Waals surface area (Å²) in [5.74, 6) is 0.878. The predicted octanol–water partition coefficient (Wildman–Crippen LogP) is 3.14. The number of hydrogen-bond acceptors (Lipinski definition) is 3. The fourth-order valence-corrected chi connectivity index (χ4v) is 1.60. The molecule has 100 valence electrons. The molecule has 0 saturated carbocycles. The number of nitrogen functional groups attached to an aromatic ring is 1. The zero-order chi connectivity index (χ0) is 13.0. The maximum absolute atomic E-state index is 7.32. The van der Waals surface area contributed by atoms with Crippen molar-refractivity contribution in [3.05, 3.63) is 54.1 Å². The van der Waals surface area contributed by atoms with Crippen LogP contribution in [0, 0.1) is 5.41 Å². The van der Waals surface area contributed by atoms with Crippen LogP contribution >= 0.6 is 12.4 Å². The van der Waals surface area contributed by atoms with Crippen LogP contribution in [0.4, 0.5) is 11.4 Å². The molecule has 0 bridgehead atoms. The van der Waals surface area contributed by atoms with Gasteiger partial charge in [0.25, 0.3) is 0 Å². The monoisotopic (exact) mass is 277 g/mol. The van der Waals surface area contributed by atoms with Crippen molar-refractivity contribution in [3.63, 3.8) is 0 Å². The summed E-state index contributed by atoms with van der Waals surface area (Å²) in [7, 11) is 1.64. The number of methoxy groups -OCH3 is 1. The molecule has 2 rings (SSSR count). The third kappa shape index (κ3) is 3.89. The van der Waals surface area contributed by atoms with Crippen LogP contribution in [-0.2, 0) is 0 Å². The lowest BCUT2D eigenvalue weighted by Crippen LogP contribution is -2.10. The summed E-state index contributed by atoms with van der Waals surface area (Å²) in [6.45, 7) is 0. The Balaban J connectivity index is 0.00000180. The lowest BCUT2D eigenvalue weighted by Gasteiger charge is -2.08. The van der Waals surface area contributed by atoms with Gasteiger partial charge in [0.05, 0.1) is 7.11 Å². The standard InChI is InChI=1S/C14H15N3O.ClH/c1-18-13-4-2-3-12(9-13)17-11-7-5-10(6-8-11)14(15)16;/h2-9,17H,1H3,(H3,15,16);1H. The molecule has 2 aromatic carbocycles. The quantitative estimate of drug-likeness (QED) is 0.594. The van der Waals surface area contributed by atoms with E-state index in [1.807, 2.05) is 48.5 Å². The summed E-state index contributed by atoms with van der Waals surface area (Å²) in [6.07, 6.45) is 0. The largest absolute Gasteiger partial charge is 0.497 e. The van der Waals surface area contributed by atoms with Crippen LogP contribution < -0.4 is 15.8 Å². The Bertz CT molecular complexity index is 555. The first-order chi connectivity index (χ1) is 8.69. The molecule has 0 spiro atoms. The second kappa shape index (κ2) is 6.66. The molecule has 0 amide bonds. The van der Waals surface area contributed by atoms with Crippen LogP contribution in [0.15, 0.2) is 48.5 Å². The zero-order valence-corrected chi connectivity index (χ0v) is 11.3. The number of benzene rings is 2. The molecule has 0 atom stereocenters. The van der Waals surface area contributed by atoms with Crippen molar-refractivity contribution >= 4 is 29.6 Å². The van der Waals surface area contributed by atoms with Gasteiger partial charge in [0, 0.05) is 23.0 Å². The second-order valence-electron chi connectivity index (χ2n) is 3.85. The molecule has 0 saturated heterocycles. The molecule has 4 N–H and O–H groups in total. The van der Waals surface area contributed by atoms with E-state index in [0.29, 0.717) is 5.56 Å². The average molecular weight is 278 g/mol.